The number of thiophene rings is 1. The Bertz CT molecular complexity index is 828. The minimum absolute atomic E-state index is 0.0825. The number of anilines is 1. The Labute approximate surface area is 142 Å². The number of fused-ring (bicyclic) bond motifs is 1. The number of rotatable bonds is 5. The van der Waals surface area contributed by atoms with E-state index in [9.17, 15) is 4.39 Å². The minimum atomic E-state index is -0.342. The van der Waals surface area contributed by atoms with Crippen LogP contribution in [0, 0.1) is 5.82 Å². The second-order valence-corrected chi connectivity index (χ2v) is 6.84. The molecule has 0 bridgehead atoms. The highest BCUT2D eigenvalue weighted by Crippen LogP contribution is 2.30. The normalized spacial score (nSPS) is 12.7. The van der Waals surface area contributed by atoms with Crippen molar-refractivity contribution >= 4 is 39.8 Å². The van der Waals surface area contributed by atoms with Gasteiger partial charge in [0, 0.05) is 24.4 Å². The van der Waals surface area contributed by atoms with Crippen LogP contribution in [0.3, 0.4) is 0 Å². The summed E-state index contributed by atoms with van der Waals surface area (Å²) >= 11 is 7.62. The number of nitrogens with two attached hydrogens (primary N) is 1. The number of nitrogens with zero attached hydrogens (tertiary/aromatic N) is 3. The molecular weight excluding hydrogens is 337 g/mol. The Balaban J connectivity index is 2.06. The molecule has 0 aliphatic carbocycles. The monoisotopic (exact) mass is 353 g/mol. The van der Waals surface area contributed by atoms with Crippen molar-refractivity contribution in [1.82, 2.24) is 14.5 Å². The molecule has 0 aromatic carbocycles. The Hall–Kier alpha value is -1.70. The van der Waals surface area contributed by atoms with E-state index >= 15 is 0 Å². The van der Waals surface area contributed by atoms with Crippen LogP contribution in [0.4, 0.5) is 10.2 Å². The van der Waals surface area contributed by atoms with Crippen molar-refractivity contribution in [3.8, 4) is 0 Å². The van der Waals surface area contributed by atoms with E-state index < -0.39 is 0 Å². The van der Waals surface area contributed by atoms with Crippen molar-refractivity contribution in [2.75, 3.05) is 5.32 Å². The number of hydrogen-bond acceptors (Lipinski definition) is 5. The van der Waals surface area contributed by atoms with Crippen molar-refractivity contribution in [2.24, 2.45) is 12.8 Å². The lowest BCUT2D eigenvalue weighted by atomic mass is 10.2. The van der Waals surface area contributed by atoms with Crippen LogP contribution >= 0.6 is 22.9 Å². The summed E-state index contributed by atoms with van der Waals surface area (Å²) in [5.74, 6) is 0.0579. The third-order valence-corrected chi connectivity index (χ3v) is 4.63. The fourth-order valence-electron chi connectivity index (χ4n) is 2.53. The van der Waals surface area contributed by atoms with Crippen molar-refractivity contribution in [3.63, 3.8) is 0 Å². The smallest absolute Gasteiger partial charge is 0.226 e. The lowest BCUT2D eigenvalue weighted by molar-refractivity contribution is 0.586. The molecule has 0 saturated heterocycles. The van der Waals surface area contributed by atoms with E-state index in [4.69, 9.17) is 17.3 Å². The van der Waals surface area contributed by atoms with Crippen molar-refractivity contribution in [3.05, 3.63) is 39.2 Å². The predicted octanol–water partition coefficient (Wildman–Crippen LogP) is 3.32. The Morgan fingerprint density at radius 1 is 1.48 bits per heavy atom. The first kappa shape index (κ1) is 16.2. The molecular formula is C15H17ClFN5S. The number of halogens is 2. The van der Waals surface area contributed by atoms with E-state index in [2.05, 4.69) is 15.3 Å². The van der Waals surface area contributed by atoms with E-state index in [1.165, 1.54) is 0 Å². The van der Waals surface area contributed by atoms with E-state index in [0.717, 1.165) is 4.88 Å². The van der Waals surface area contributed by atoms with Gasteiger partial charge in [0.05, 0.1) is 17.6 Å². The predicted molar refractivity (Wildman–Crippen MR) is 92.5 cm³/mol. The van der Waals surface area contributed by atoms with Crippen molar-refractivity contribution in [1.29, 1.82) is 0 Å². The van der Waals surface area contributed by atoms with Gasteiger partial charge in [0.2, 0.25) is 5.28 Å². The third kappa shape index (κ3) is 3.17. The van der Waals surface area contributed by atoms with E-state index in [1.54, 1.807) is 23.0 Å². The molecule has 0 spiro atoms. The molecule has 0 radical (unpaired) electrons. The average molecular weight is 354 g/mol. The summed E-state index contributed by atoms with van der Waals surface area (Å²) in [7, 11) is 1.76. The number of aromatic nitrogens is 3. The molecule has 122 valence electrons. The molecule has 3 N–H and O–H groups in total. The highest BCUT2D eigenvalue weighted by Gasteiger charge is 2.22. The van der Waals surface area contributed by atoms with Gasteiger partial charge >= 0.3 is 0 Å². The summed E-state index contributed by atoms with van der Waals surface area (Å²) in [6.45, 7) is 2.39. The molecule has 3 aromatic rings. The molecule has 3 aromatic heterocycles. The number of aryl methyl sites for hydroxylation is 1. The van der Waals surface area contributed by atoms with Gasteiger partial charge in [0.25, 0.3) is 0 Å². The Kier molecular flexibility index (Phi) is 4.52. The highest BCUT2D eigenvalue weighted by molar-refractivity contribution is 7.09. The quantitative estimate of drug-likeness (QED) is 0.690. The van der Waals surface area contributed by atoms with Crippen LogP contribution in [-0.4, -0.2) is 20.6 Å². The maximum absolute atomic E-state index is 14.9. The topological polar surface area (TPSA) is 68.8 Å². The van der Waals surface area contributed by atoms with Gasteiger partial charge in [-0.1, -0.05) is 6.07 Å². The van der Waals surface area contributed by atoms with Crippen LogP contribution < -0.4 is 11.1 Å². The molecule has 0 saturated carbocycles. The fourth-order valence-corrected chi connectivity index (χ4v) is 3.34. The molecule has 8 heteroatoms. The van der Waals surface area contributed by atoms with Crippen LogP contribution in [0.15, 0.2) is 17.5 Å². The summed E-state index contributed by atoms with van der Waals surface area (Å²) in [6, 6.07) is 3.81. The van der Waals surface area contributed by atoms with Crippen molar-refractivity contribution in [2.45, 2.75) is 25.9 Å². The van der Waals surface area contributed by atoms with E-state index in [0.29, 0.717) is 35.5 Å². The van der Waals surface area contributed by atoms with Gasteiger partial charge < -0.3 is 15.6 Å². The molecule has 0 aliphatic rings. The fraction of sp³-hybridized carbons (Fsp3) is 0.333. The standard InChI is InChI=1S/C15H17ClFN5S/c1-8(18)6-10-12(17)11-13(19-7-9-4-3-5-23-9)20-15(16)21-14(11)22(10)2/h3-5,8H,6-7,18H2,1-2H3,(H,19,20,21). The molecule has 5 nitrogen and oxygen atoms in total. The highest BCUT2D eigenvalue weighted by atomic mass is 35.5. The first-order chi connectivity index (χ1) is 11.0. The van der Waals surface area contributed by atoms with Crippen molar-refractivity contribution < 1.29 is 4.39 Å². The average Bonchev–Trinajstić information content (AvgIpc) is 3.08. The summed E-state index contributed by atoms with van der Waals surface area (Å²) in [6.07, 6.45) is 0.417. The third-order valence-electron chi connectivity index (χ3n) is 3.58. The lowest BCUT2D eigenvalue weighted by Gasteiger charge is -2.06. The van der Waals surface area contributed by atoms with Gasteiger partial charge in [-0.15, -0.1) is 11.3 Å². The van der Waals surface area contributed by atoms with Gasteiger partial charge in [0.15, 0.2) is 5.82 Å². The molecule has 0 aliphatic heterocycles. The van der Waals surface area contributed by atoms with Crippen LogP contribution in [-0.2, 0) is 20.0 Å². The second-order valence-electron chi connectivity index (χ2n) is 5.47. The zero-order valence-electron chi connectivity index (χ0n) is 12.8. The molecule has 0 amide bonds. The summed E-state index contributed by atoms with van der Waals surface area (Å²) in [5, 5.41) is 5.58. The van der Waals surface area contributed by atoms with Crippen LogP contribution in [0.1, 0.15) is 17.5 Å². The largest absolute Gasteiger partial charge is 0.364 e. The van der Waals surface area contributed by atoms with E-state index in [-0.39, 0.29) is 17.1 Å². The Morgan fingerprint density at radius 3 is 2.91 bits per heavy atom. The van der Waals surface area contributed by atoms with Crippen LogP contribution in [0.25, 0.3) is 11.0 Å². The molecule has 1 atom stereocenters. The minimum Gasteiger partial charge on any atom is -0.364 e. The summed E-state index contributed by atoms with van der Waals surface area (Å²) < 4.78 is 16.6. The molecule has 3 rings (SSSR count). The zero-order valence-corrected chi connectivity index (χ0v) is 14.4. The second kappa shape index (κ2) is 6.43. The molecule has 23 heavy (non-hydrogen) atoms. The maximum Gasteiger partial charge on any atom is 0.226 e. The lowest BCUT2D eigenvalue weighted by Crippen LogP contribution is -2.20. The van der Waals surface area contributed by atoms with Crippen LogP contribution in [0.5, 0.6) is 0 Å². The van der Waals surface area contributed by atoms with Gasteiger partial charge in [-0.05, 0) is 30.0 Å². The van der Waals surface area contributed by atoms with Crippen LogP contribution in [0.2, 0.25) is 5.28 Å². The van der Waals surface area contributed by atoms with Gasteiger partial charge in [-0.25, -0.2) is 4.39 Å². The summed E-state index contributed by atoms with van der Waals surface area (Å²) in [4.78, 5) is 9.45. The Morgan fingerprint density at radius 2 is 2.26 bits per heavy atom. The number of hydrogen-bond donors (Lipinski definition) is 2. The first-order valence-corrected chi connectivity index (χ1v) is 8.45. The summed E-state index contributed by atoms with van der Waals surface area (Å²) in [5.41, 5.74) is 6.79. The first-order valence-electron chi connectivity index (χ1n) is 7.19. The van der Waals surface area contributed by atoms with E-state index in [1.807, 2.05) is 24.4 Å². The van der Waals surface area contributed by atoms with Gasteiger partial charge in [-0.3, -0.25) is 0 Å². The molecule has 0 fully saturated rings. The van der Waals surface area contributed by atoms with Gasteiger partial charge in [0.1, 0.15) is 11.5 Å². The SMILES string of the molecule is CC(N)Cc1c(F)c2c(NCc3cccs3)nc(Cl)nc2n1C. The maximum atomic E-state index is 14.9. The molecule has 3 heterocycles. The zero-order chi connectivity index (χ0) is 16.6. The molecule has 1 unspecified atom stereocenters. The van der Waals surface area contributed by atoms with Gasteiger partial charge in [-0.2, -0.15) is 9.97 Å². The number of nitrogens with one attached hydrogen (secondary N) is 1.